The Balaban J connectivity index is 1.83. The zero-order valence-corrected chi connectivity index (χ0v) is 14.0. The lowest BCUT2D eigenvalue weighted by atomic mass is 10.1. The highest BCUT2D eigenvalue weighted by molar-refractivity contribution is 5.86. The molecule has 1 heterocycles. The van der Waals surface area contributed by atoms with E-state index in [4.69, 9.17) is 14.5 Å². The number of hydrogen-bond acceptors (Lipinski definition) is 6. The monoisotopic (exact) mass is 342 g/mol. The number of nitriles is 2. The van der Waals surface area contributed by atoms with Crippen LogP contribution in [0.5, 0.6) is 5.75 Å². The van der Waals surface area contributed by atoms with Crippen LogP contribution in [0.15, 0.2) is 53.1 Å². The van der Waals surface area contributed by atoms with Crippen molar-refractivity contribution in [3.8, 4) is 29.3 Å². The number of hydrogen-bond donors (Lipinski definition) is 0. The maximum absolute atomic E-state index is 9.42. The summed E-state index contributed by atoms with van der Waals surface area (Å²) in [7, 11) is 0. The Hall–Kier alpha value is -3.90. The third-order valence-corrected chi connectivity index (χ3v) is 3.58. The predicted octanol–water partition coefficient (Wildman–Crippen LogP) is 4.01. The maximum atomic E-state index is 9.42. The van der Waals surface area contributed by atoms with Crippen molar-refractivity contribution in [1.29, 1.82) is 10.5 Å². The topological polar surface area (TPSA) is 95.7 Å². The lowest BCUT2D eigenvalue weighted by Crippen LogP contribution is -1.92. The van der Waals surface area contributed by atoms with Crippen LogP contribution in [0.25, 0.3) is 23.0 Å². The van der Waals surface area contributed by atoms with Crippen molar-refractivity contribution in [3.05, 3.63) is 65.5 Å². The van der Waals surface area contributed by atoms with Gasteiger partial charge in [-0.2, -0.15) is 15.5 Å². The third kappa shape index (κ3) is 3.95. The van der Waals surface area contributed by atoms with Crippen LogP contribution in [0.3, 0.4) is 0 Å². The molecule has 0 saturated heterocycles. The van der Waals surface area contributed by atoms with Crippen molar-refractivity contribution < 1.29 is 9.26 Å². The van der Waals surface area contributed by atoms with E-state index in [0.717, 1.165) is 16.7 Å². The molecule has 0 saturated carbocycles. The fourth-order valence-corrected chi connectivity index (χ4v) is 2.24. The van der Waals surface area contributed by atoms with Crippen LogP contribution in [0.2, 0.25) is 0 Å². The van der Waals surface area contributed by atoms with E-state index in [0.29, 0.717) is 11.6 Å². The molecule has 3 rings (SSSR count). The van der Waals surface area contributed by atoms with E-state index in [1.54, 1.807) is 30.3 Å². The van der Waals surface area contributed by atoms with Crippen molar-refractivity contribution in [3.63, 3.8) is 0 Å². The summed E-state index contributed by atoms with van der Waals surface area (Å²) in [4.78, 5) is 4.31. The van der Waals surface area contributed by atoms with Crippen LogP contribution in [0.1, 0.15) is 17.0 Å². The van der Waals surface area contributed by atoms with E-state index >= 15 is 0 Å². The summed E-state index contributed by atoms with van der Waals surface area (Å²) in [6.07, 6.45) is 1.65. The highest BCUT2D eigenvalue weighted by Crippen LogP contribution is 2.22. The summed E-state index contributed by atoms with van der Waals surface area (Å²) in [6.45, 7) is 1.99. The van der Waals surface area contributed by atoms with Gasteiger partial charge in [0.2, 0.25) is 5.82 Å². The Morgan fingerprint density at radius 3 is 2.50 bits per heavy atom. The van der Waals surface area contributed by atoms with Crippen molar-refractivity contribution in [2.24, 2.45) is 0 Å². The normalized spacial score (nSPS) is 10.8. The summed E-state index contributed by atoms with van der Waals surface area (Å²) >= 11 is 0. The second kappa shape index (κ2) is 7.78. The number of aryl methyl sites for hydroxylation is 1. The Bertz CT molecular complexity index is 1000. The molecule has 0 N–H and O–H groups in total. The molecule has 6 nitrogen and oxygen atoms in total. The molecule has 0 aliphatic carbocycles. The minimum absolute atomic E-state index is 0.0115. The van der Waals surface area contributed by atoms with Crippen LogP contribution < -0.4 is 4.74 Å². The molecule has 0 unspecified atom stereocenters. The maximum Gasteiger partial charge on any atom is 0.268 e. The molecule has 126 valence electrons. The first-order valence-corrected chi connectivity index (χ1v) is 7.82. The minimum Gasteiger partial charge on any atom is -0.479 e. The first-order chi connectivity index (χ1) is 12.7. The fraction of sp³-hybridized carbons (Fsp3) is 0.100. The second-order valence-electron chi connectivity index (χ2n) is 5.47. The Kier molecular flexibility index (Phi) is 5.07. The Morgan fingerprint density at radius 2 is 1.85 bits per heavy atom. The molecule has 26 heavy (non-hydrogen) atoms. The smallest absolute Gasteiger partial charge is 0.268 e. The van der Waals surface area contributed by atoms with Crippen LogP contribution in [-0.4, -0.2) is 16.7 Å². The summed E-state index contributed by atoms with van der Waals surface area (Å²) in [5.74, 6) is 1.18. The van der Waals surface area contributed by atoms with Crippen LogP contribution in [-0.2, 0) is 0 Å². The van der Waals surface area contributed by atoms with Gasteiger partial charge in [-0.25, -0.2) is 0 Å². The first-order valence-electron chi connectivity index (χ1n) is 7.82. The molecule has 2 aromatic carbocycles. The SMILES string of the molecule is Cc1ccc(-c2noc(/C(C#N)=C/c3ccc(OCC#N)cc3)n2)cc1. The quantitative estimate of drug-likeness (QED) is 0.650. The van der Waals surface area contributed by atoms with Gasteiger partial charge in [-0.05, 0) is 30.7 Å². The summed E-state index contributed by atoms with van der Waals surface area (Å²) in [5.41, 5.74) is 3.00. The van der Waals surface area contributed by atoms with E-state index in [1.807, 2.05) is 37.3 Å². The molecule has 1 aromatic heterocycles. The average molecular weight is 342 g/mol. The van der Waals surface area contributed by atoms with Gasteiger partial charge in [-0.3, -0.25) is 0 Å². The highest BCUT2D eigenvalue weighted by Gasteiger charge is 2.13. The lowest BCUT2D eigenvalue weighted by molar-refractivity contribution is 0.368. The third-order valence-electron chi connectivity index (χ3n) is 3.58. The Labute approximate surface area is 150 Å². The minimum atomic E-state index is -0.0115. The summed E-state index contributed by atoms with van der Waals surface area (Å²) in [5, 5.41) is 21.9. The molecule has 0 aliphatic heterocycles. The largest absolute Gasteiger partial charge is 0.479 e. The fourth-order valence-electron chi connectivity index (χ4n) is 2.24. The number of allylic oxidation sites excluding steroid dienone is 1. The molecule has 0 fully saturated rings. The van der Waals surface area contributed by atoms with Gasteiger partial charge in [0.1, 0.15) is 23.5 Å². The summed E-state index contributed by atoms with van der Waals surface area (Å²) < 4.78 is 10.4. The molecule has 0 aliphatic rings. The van der Waals surface area contributed by atoms with Crippen LogP contribution in [0, 0.1) is 29.6 Å². The zero-order valence-electron chi connectivity index (χ0n) is 14.0. The molecule has 0 spiro atoms. The number of ether oxygens (including phenoxy) is 1. The van der Waals surface area contributed by atoms with E-state index in [-0.39, 0.29) is 18.1 Å². The highest BCUT2D eigenvalue weighted by atomic mass is 16.5. The molecule has 0 atom stereocenters. The molecular weight excluding hydrogens is 328 g/mol. The molecule has 0 bridgehead atoms. The second-order valence-corrected chi connectivity index (χ2v) is 5.47. The Morgan fingerprint density at radius 1 is 1.12 bits per heavy atom. The van der Waals surface area contributed by atoms with Gasteiger partial charge in [-0.1, -0.05) is 47.1 Å². The lowest BCUT2D eigenvalue weighted by Gasteiger charge is -2.01. The van der Waals surface area contributed by atoms with Crippen molar-refractivity contribution in [1.82, 2.24) is 10.1 Å². The first kappa shape index (κ1) is 16.9. The predicted molar refractivity (Wildman–Crippen MR) is 95.5 cm³/mol. The standard InChI is InChI=1S/C20H14N4O2/c1-14-2-6-16(7-3-14)19-23-20(26-24-19)17(13-22)12-15-4-8-18(9-5-15)25-11-10-21/h2-9,12H,11H2,1H3/b17-12+. The molecular formula is C20H14N4O2. The van der Waals surface area contributed by atoms with E-state index in [2.05, 4.69) is 16.2 Å². The number of rotatable bonds is 5. The van der Waals surface area contributed by atoms with E-state index in [9.17, 15) is 5.26 Å². The van der Waals surface area contributed by atoms with Gasteiger partial charge >= 0.3 is 0 Å². The van der Waals surface area contributed by atoms with Crippen molar-refractivity contribution >= 4 is 11.6 Å². The molecule has 6 heteroatoms. The van der Waals surface area contributed by atoms with Gasteiger partial charge in [0.25, 0.3) is 5.89 Å². The molecule has 3 aromatic rings. The number of benzene rings is 2. The average Bonchev–Trinajstić information content (AvgIpc) is 3.16. The molecule has 0 amide bonds. The molecule has 0 radical (unpaired) electrons. The van der Waals surface area contributed by atoms with Crippen molar-refractivity contribution in [2.45, 2.75) is 6.92 Å². The van der Waals surface area contributed by atoms with Gasteiger partial charge in [-0.15, -0.1) is 0 Å². The van der Waals surface area contributed by atoms with Gasteiger partial charge in [0.15, 0.2) is 6.61 Å². The van der Waals surface area contributed by atoms with Crippen LogP contribution in [0.4, 0.5) is 0 Å². The van der Waals surface area contributed by atoms with Crippen LogP contribution >= 0.6 is 0 Å². The summed E-state index contributed by atoms with van der Waals surface area (Å²) in [6, 6.07) is 18.7. The van der Waals surface area contributed by atoms with Gasteiger partial charge < -0.3 is 9.26 Å². The number of aromatic nitrogens is 2. The van der Waals surface area contributed by atoms with Crippen molar-refractivity contribution in [2.75, 3.05) is 6.61 Å². The van der Waals surface area contributed by atoms with Gasteiger partial charge in [0, 0.05) is 5.56 Å². The van der Waals surface area contributed by atoms with E-state index in [1.165, 1.54) is 0 Å². The van der Waals surface area contributed by atoms with E-state index < -0.39 is 0 Å². The zero-order chi connectivity index (χ0) is 18.4. The van der Waals surface area contributed by atoms with Gasteiger partial charge in [0.05, 0.1) is 0 Å². The number of nitrogens with zero attached hydrogens (tertiary/aromatic N) is 4.